The number of thioether (sulfide) groups is 1. The molecule has 0 aromatic heterocycles. The molecular weight excluding hydrogens is 268 g/mol. The fourth-order valence-corrected chi connectivity index (χ4v) is 3.61. The molecule has 3 nitrogen and oxygen atoms in total. The van der Waals surface area contributed by atoms with Gasteiger partial charge >= 0.3 is 0 Å². The maximum absolute atomic E-state index is 12.5. The molecule has 0 fully saturated rings. The number of rotatable bonds is 2. The van der Waals surface area contributed by atoms with Gasteiger partial charge < -0.3 is 4.90 Å². The highest BCUT2D eigenvalue weighted by molar-refractivity contribution is 8.14. The Balaban J connectivity index is 1.74. The van der Waals surface area contributed by atoms with Crippen LogP contribution in [0.25, 0.3) is 0 Å². The first-order valence-corrected chi connectivity index (χ1v) is 7.38. The second kappa shape index (κ2) is 4.49. The molecule has 20 heavy (non-hydrogen) atoms. The molecule has 2 heterocycles. The first-order chi connectivity index (χ1) is 9.83. The number of fused-ring (bicyclic) bond motifs is 3. The van der Waals surface area contributed by atoms with Crippen LogP contribution in [0.1, 0.15) is 15.9 Å². The third-order valence-corrected chi connectivity index (χ3v) is 4.65. The topological polar surface area (TPSA) is 32.7 Å². The van der Waals surface area contributed by atoms with Gasteiger partial charge in [-0.2, -0.15) is 0 Å². The summed E-state index contributed by atoms with van der Waals surface area (Å²) < 4.78 is 0. The molecule has 0 bridgehead atoms. The van der Waals surface area contributed by atoms with Crippen LogP contribution in [0.4, 0.5) is 5.69 Å². The molecule has 4 rings (SSSR count). The Hall–Kier alpha value is -2.07. The highest BCUT2D eigenvalue weighted by Crippen LogP contribution is 2.42. The van der Waals surface area contributed by atoms with Gasteiger partial charge in [-0.25, -0.2) is 0 Å². The van der Waals surface area contributed by atoms with Gasteiger partial charge in [0.05, 0.1) is 12.2 Å². The van der Waals surface area contributed by atoms with E-state index in [1.54, 1.807) is 11.8 Å². The Labute approximate surface area is 121 Å². The van der Waals surface area contributed by atoms with Crippen LogP contribution in [-0.2, 0) is 0 Å². The summed E-state index contributed by atoms with van der Waals surface area (Å²) in [5, 5.41) is 1.06. The molecule has 0 aliphatic carbocycles. The van der Waals surface area contributed by atoms with E-state index in [0.717, 1.165) is 35.1 Å². The van der Waals surface area contributed by atoms with Gasteiger partial charge in [0.15, 0.2) is 11.0 Å². The number of anilines is 1. The molecule has 98 valence electrons. The number of benzene rings is 2. The molecule has 0 unspecified atom stereocenters. The van der Waals surface area contributed by atoms with Crippen LogP contribution in [0.15, 0.2) is 58.4 Å². The van der Waals surface area contributed by atoms with Crippen molar-refractivity contribution < 1.29 is 4.79 Å². The summed E-state index contributed by atoms with van der Waals surface area (Å²) in [6.45, 7) is 1.76. The summed E-state index contributed by atoms with van der Waals surface area (Å²) in [6.07, 6.45) is 0. The van der Waals surface area contributed by atoms with Gasteiger partial charge in [-0.15, -0.1) is 0 Å². The molecule has 2 aromatic carbocycles. The molecule has 0 N–H and O–H groups in total. The van der Waals surface area contributed by atoms with Crippen molar-refractivity contribution in [2.24, 2.45) is 4.99 Å². The van der Waals surface area contributed by atoms with E-state index >= 15 is 0 Å². The number of hydrogen-bond donors (Lipinski definition) is 0. The Morgan fingerprint density at radius 3 is 2.80 bits per heavy atom. The van der Waals surface area contributed by atoms with Gasteiger partial charge in [0.25, 0.3) is 0 Å². The van der Waals surface area contributed by atoms with Crippen molar-refractivity contribution in [1.29, 1.82) is 0 Å². The lowest BCUT2D eigenvalue weighted by atomic mass is 10.0. The minimum atomic E-state index is 0.0722. The number of hydrogen-bond acceptors (Lipinski definition) is 4. The van der Waals surface area contributed by atoms with E-state index in [-0.39, 0.29) is 5.78 Å². The summed E-state index contributed by atoms with van der Waals surface area (Å²) in [6, 6.07) is 15.3. The minimum absolute atomic E-state index is 0.0722. The highest BCUT2D eigenvalue weighted by atomic mass is 32.2. The van der Waals surface area contributed by atoms with Crippen molar-refractivity contribution >= 4 is 28.4 Å². The summed E-state index contributed by atoms with van der Waals surface area (Å²) in [5.41, 5.74) is 2.59. The summed E-state index contributed by atoms with van der Waals surface area (Å²) >= 11 is 1.69. The summed E-state index contributed by atoms with van der Waals surface area (Å²) in [7, 11) is 0. The lowest BCUT2D eigenvalue weighted by molar-refractivity contribution is 0.103. The molecule has 0 saturated carbocycles. The Bertz CT molecular complexity index is 725. The fourth-order valence-electron chi connectivity index (χ4n) is 2.55. The molecule has 2 aliphatic heterocycles. The molecule has 0 amide bonds. The first-order valence-electron chi connectivity index (χ1n) is 6.56. The molecule has 4 heteroatoms. The van der Waals surface area contributed by atoms with E-state index in [0.29, 0.717) is 0 Å². The van der Waals surface area contributed by atoms with Crippen LogP contribution in [-0.4, -0.2) is 24.0 Å². The first kappa shape index (κ1) is 11.7. The van der Waals surface area contributed by atoms with E-state index in [9.17, 15) is 4.79 Å². The molecule has 0 atom stereocenters. The zero-order valence-electron chi connectivity index (χ0n) is 10.7. The van der Waals surface area contributed by atoms with Crippen LogP contribution in [0, 0.1) is 0 Å². The van der Waals surface area contributed by atoms with Crippen molar-refractivity contribution in [3.8, 4) is 0 Å². The Kier molecular flexibility index (Phi) is 2.63. The van der Waals surface area contributed by atoms with E-state index in [2.05, 4.69) is 9.89 Å². The number of amidine groups is 1. The smallest absolute Gasteiger partial charge is 0.193 e. The molecule has 0 radical (unpaired) electrons. The zero-order valence-corrected chi connectivity index (χ0v) is 11.6. The summed E-state index contributed by atoms with van der Waals surface area (Å²) in [5.74, 6) is 0.0722. The standard InChI is InChI=1S/C16H12N2OS/c19-15(11-4-2-1-3-5-11)12-6-7-14-13(10-12)18-9-8-17-16(18)20-14/h1-7,10H,8-9H2. The SMILES string of the molecule is O=C(c1ccccc1)c1ccc2c(c1)N1CCN=C1S2. The molecule has 0 saturated heterocycles. The van der Waals surface area contributed by atoms with Crippen molar-refractivity contribution in [3.63, 3.8) is 0 Å². The zero-order chi connectivity index (χ0) is 13.5. The van der Waals surface area contributed by atoms with Gasteiger partial charge in [-0.05, 0) is 30.0 Å². The highest BCUT2D eigenvalue weighted by Gasteiger charge is 2.30. The average molecular weight is 280 g/mol. The Morgan fingerprint density at radius 2 is 1.95 bits per heavy atom. The van der Waals surface area contributed by atoms with Crippen LogP contribution in [0.2, 0.25) is 0 Å². The van der Waals surface area contributed by atoms with Crippen LogP contribution in [0.3, 0.4) is 0 Å². The molecular formula is C16H12N2OS. The maximum atomic E-state index is 12.5. The predicted octanol–water partition coefficient (Wildman–Crippen LogP) is 3.20. The largest absolute Gasteiger partial charge is 0.318 e. The van der Waals surface area contributed by atoms with Gasteiger partial charge in [-0.3, -0.25) is 9.79 Å². The van der Waals surface area contributed by atoms with Gasteiger partial charge in [0.1, 0.15) is 0 Å². The van der Waals surface area contributed by atoms with Crippen LogP contribution >= 0.6 is 11.8 Å². The Morgan fingerprint density at radius 1 is 1.10 bits per heavy atom. The second-order valence-electron chi connectivity index (χ2n) is 4.80. The lowest BCUT2D eigenvalue weighted by Gasteiger charge is -2.13. The molecule has 0 spiro atoms. The van der Waals surface area contributed by atoms with E-state index in [4.69, 9.17) is 0 Å². The van der Waals surface area contributed by atoms with Gasteiger partial charge in [0, 0.05) is 22.6 Å². The van der Waals surface area contributed by atoms with Crippen molar-refractivity contribution in [3.05, 3.63) is 59.7 Å². The lowest BCUT2D eigenvalue weighted by Crippen LogP contribution is -2.20. The van der Waals surface area contributed by atoms with E-state index in [1.165, 1.54) is 4.90 Å². The number of carbonyl (C=O) groups is 1. The van der Waals surface area contributed by atoms with Crippen LogP contribution in [0.5, 0.6) is 0 Å². The van der Waals surface area contributed by atoms with Crippen LogP contribution < -0.4 is 4.90 Å². The van der Waals surface area contributed by atoms with E-state index in [1.807, 2.05) is 48.5 Å². The van der Waals surface area contributed by atoms with E-state index < -0.39 is 0 Å². The number of nitrogens with zero attached hydrogens (tertiary/aromatic N) is 2. The van der Waals surface area contributed by atoms with Crippen molar-refractivity contribution in [2.45, 2.75) is 4.90 Å². The molecule has 2 aromatic rings. The quantitative estimate of drug-likeness (QED) is 0.792. The maximum Gasteiger partial charge on any atom is 0.193 e. The monoisotopic (exact) mass is 280 g/mol. The third kappa shape index (κ3) is 1.76. The molecule has 2 aliphatic rings. The normalized spacial score (nSPS) is 15.8. The van der Waals surface area contributed by atoms with Gasteiger partial charge in [0.2, 0.25) is 0 Å². The number of aliphatic imine (C=N–C) groups is 1. The fraction of sp³-hybridized carbons (Fsp3) is 0.125. The number of ketones is 1. The minimum Gasteiger partial charge on any atom is -0.318 e. The summed E-state index contributed by atoms with van der Waals surface area (Å²) in [4.78, 5) is 20.3. The van der Waals surface area contributed by atoms with Crippen molar-refractivity contribution in [1.82, 2.24) is 0 Å². The average Bonchev–Trinajstić information content (AvgIpc) is 3.07. The third-order valence-electron chi connectivity index (χ3n) is 3.55. The number of carbonyl (C=O) groups excluding carboxylic acids is 1. The second-order valence-corrected chi connectivity index (χ2v) is 5.80. The van der Waals surface area contributed by atoms with Crippen molar-refractivity contribution in [2.75, 3.05) is 18.0 Å². The van der Waals surface area contributed by atoms with Gasteiger partial charge in [-0.1, -0.05) is 30.3 Å². The predicted molar refractivity (Wildman–Crippen MR) is 81.8 cm³/mol.